The molecule has 4 heteroatoms. The number of aromatic nitrogens is 1. The predicted molar refractivity (Wildman–Crippen MR) is 49.7 cm³/mol. The lowest BCUT2D eigenvalue weighted by atomic mass is 10.5. The first-order valence-corrected chi connectivity index (χ1v) is 4.02. The average Bonchev–Trinajstić information content (AvgIpc) is 2.03. The molecule has 0 saturated heterocycles. The normalized spacial score (nSPS) is 9.50. The summed E-state index contributed by atoms with van der Waals surface area (Å²) in [5.74, 6) is 0.515. The Labute approximate surface area is 80.8 Å². The lowest BCUT2D eigenvalue weighted by Crippen LogP contribution is -1.97. The van der Waals surface area contributed by atoms with Crippen LogP contribution in [0.2, 0.25) is 5.15 Å². The van der Waals surface area contributed by atoms with E-state index < -0.39 is 0 Å². The van der Waals surface area contributed by atoms with E-state index in [2.05, 4.69) is 11.6 Å². The zero-order chi connectivity index (χ0) is 8.97. The molecule has 0 amide bonds. The fourth-order valence-corrected chi connectivity index (χ4v) is 0.863. The van der Waals surface area contributed by atoms with E-state index in [0.717, 1.165) is 0 Å². The van der Waals surface area contributed by atoms with Crippen molar-refractivity contribution in [3.8, 4) is 5.75 Å². The summed E-state index contributed by atoms with van der Waals surface area (Å²) in [5, 5.41) is 0.755. The van der Waals surface area contributed by atoms with Crippen LogP contribution < -0.4 is 4.74 Å². The number of ether oxygens (including phenoxy) is 1. The molecule has 0 saturated carbocycles. The Morgan fingerprint density at radius 2 is 2.42 bits per heavy atom. The van der Waals surface area contributed by atoms with E-state index >= 15 is 0 Å². The molecule has 1 aromatic heterocycles. The molecule has 2 nitrogen and oxygen atoms in total. The molecule has 64 valence electrons. The third-order valence-corrected chi connectivity index (χ3v) is 1.50. The van der Waals surface area contributed by atoms with Crippen LogP contribution >= 0.6 is 23.2 Å². The number of rotatable bonds is 3. The molecule has 0 radical (unpaired) electrons. The van der Waals surface area contributed by atoms with Crippen LogP contribution in [0.4, 0.5) is 0 Å². The second kappa shape index (κ2) is 4.33. The van der Waals surface area contributed by atoms with Crippen molar-refractivity contribution < 1.29 is 4.74 Å². The first-order chi connectivity index (χ1) is 5.70. The first kappa shape index (κ1) is 9.36. The molecule has 1 heterocycles. The summed E-state index contributed by atoms with van der Waals surface area (Å²) in [6, 6.07) is 3.45. The van der Waals surface area contributed by atoms with Gasteiger partial charge in [-0.1, -0.05) is 29.8 Å². The highest BCUT2D eigenvalue weighted by Gasteiger charge is 2.00. The predicted octanol–water partition coefficient (Wildman–Crippen LogP) is 2.87. The van der Waals surface area contributed by atoms with Gasteiger partial charge in [0.05, 0.1) is 0 Å². The van der Waals surface area contributed by atoms with Crippen LogP contribution in [0.15, 0.2) is 29.9 Å². The average molecular weight is 204 g/mol. The maximum Gasteiger partial charge on any atom is 0.171 e. The Kier molecular flexibility index (Phi) is 3.38. The van der Waals surface area contributed by atoms with Gasteiger partial charge in [-0.3, -0.25) is 0 Å². The minimum Gasteiger partial charge on any atom is -0.485 e. The molecule has 0 fully saturated rings. The summed E-state index contributed by atoms with van der Waals surface area (Å²) < 4.78 is 5.17. The van der Waals surface area contributed by atoms with E-state index in [-0.39, 0.29) is 6.61 Å². The van der Waals surface area contributed by atoms with Crippen LogP contribution in [0.1, 0.15) is 0 Å². The lowest BCUT2D eigenvalue weighted by Gasteiger charge is -2.04. The van der Waals surface area contributed by atoms with Crippen LogP contribution in [0, 0.1) is 0 Å². The van der Waals surface area contributed by atoms with Crippen molar-refractivity contribution >= 4 is 23.2 Å². The van der Waals surface area contributed by atoms with Crippen molar-refractivity contribution in [3.63, 3.8) is 0 Å². The summed E-state index contributed by atoms with van der Waals surface area (Å²) >= 11 is 11.2. The molecule has 0 spiro atoms. The summed E-state index contributed by atoms with van der Waals surface area (Å²) in [7, 11) is 0. The molecule has 0 bridgehead atoms. The molecule has 12 heavy (non-hydrogen) atoms. The highest BCUT2D eigenvalue weighted by atomic mass is 35.5. The quantitative estimate of drug-likeness (QED) is 0.706. The maximum absolute atomic E-state index is 5.70. The molecule has 0 N–H and O–H groups in total. The number of nitrogens with zero attached hydrogens (tertiary/aromatic N) is 1. The second-order valence-electron chi connectivity index (χ2n) is 2.10. The van der Waals surface area contributed by atoms with E-state index in [1.807, 2.05) is 0 Å². The molecule has 1 aromatic rings. The van der Waals surface area contributed by atoms with Crippen LogP contribution in [0.25, 0.3) is 0 Å². The highest BCUT2D eigenvalue weighted by molar-refractivity contribution is 6.31. The van der Waals surface area contributed by atoms with E-state index in [1.54, 1.807) is 18.3 Å². The number of halogens is 2. The van der Waals surface area contributed by atoms with E-state index in [4.69, 9.17) is 27.9 Å². The number of hydrogen-bond donors (Lipinski definition) is 0. The smallest absolute Gasteiger partial charge is 0.171 e. The van der Waals surface area contributed by atoms with Crippen molar-refractivity contribution in [2.75, 3.05) is 6.61 Å². The fourth-order valence-electron chi connectivity index (χ4n) is 0.635. The third kappa shape index (κ3) is 2.72. The van der Waals surface area contributed by atoms with Gasteiger partial charge in [0.2, 0.25) is 0 Å². The second-order valence-corrected chi connectivity index (χ2v) is 2.99. The summed E-state index contributed by atoms with van der Waals surface area (Å²) in [6.07, 6.45) is 1.59. The zero-order valence-electron chi connectivity index (χ0n) is 6.26. The van der Waals surface area contributed by atoms with Crippen LogP contribution in [-0.2, 0) is 0 Å². The zero-order valence-corrected chi connectivity index (χ0v) is 7.77. The van der Waals surface area contributed by atoms with Crippen LogP contribution in [-0.4, -0.2) is 11.6 Å². The SMILES string of the molecule is C=C(Cl)COc1cccnc1Cl. The molecule has 0 aliphatic rings. The summed E-state index contributed by atoms with van der Waals surface area (Å²) in [5.41, 5.74) is 0. The van der Waals surface area contributed by atoms with Gasteiger partial charge in [0.1, 0.15) is 6.61 Å². The summed E-state index contributed by atoms with van der Waals surface area (Å²) in [4.78, 5) is 3.82. The minimum atomic E-state index is 0.243. The van der Waals surface area contributed by atoms with Gasteiger partial charge in [-0.05, 0) is 12.1 Å². The fraction of sp³-hybridized carbons (Fsp3) is 0.125. The van der Waals surface area contributed by atoms with Gasteiger partial charge in [0.25, 0.3) is 0 Å². The van der Waals surface area contributed by atoms with Crippen molar-refractivity contribution in [1.29, 1.82) is 0 Å². The maximum atomic E-state index is 5.70. The Balaban J connectivity index is 2.63. The number of pyridine rings is 1. The van der Waals surface area contributed by atoms with Crippen molar-refractivity contribution in [2.45, 2.75) is 0 Å². The van der Waals surface area contributed by atoms with Crippen LogP contribution in [0.3, 0.4) is 0 Å². The molecular formula is C8H7Cl2NO. The van der Waals surface area contributed by atoms with Gasteiger partial charge in [-0.2, -0.15) is 0 Å². The van der Waals surface area contributed by atoms with Gasteiger partial charge in [0.15, 0.2) is 10.9 Å². The number of hydrogen-bond acceptors (Lipinski definition) is 2. The summed E-state index contributed by atoms with van der Waals surface area (Å²) in [6.45, 7) is 3.72. The highest BCUT2D eigenvalue weighted by Crippen LogP contribution is 2.20. The Morgan fingerprint density at radius 3 is 3.00 bits per heavy atom. The van der Waals surface area contributed by atoms with Crippen molar-refractivity contribution in [2.24, 2.45) is 0 Å². The molecule has 0 aliphatic carbocycles. The lowest BCUT2D eigenvalue weighted by molar-refractivity contribution is 0.358. The van der Waals surface area contributed by atoms with Gasteiger partial charge in [0, 0.05) is 11.2 Å². The van der Waals surface area contributed by atoms with Gasteiger partial charge in [-0.15, -0.1) is 0 Å². The standard InChI is InChI=1S/C8H7Cl2NO/c1-6(9)5-12-7-3-2-4-11-8(7)10/h2-4H,1,5H2. The third-order valence-electron chi connectivity index (χ3n) is 1.11. The first-order valence-electron chi connectivity index (χ1n) is 3.27. The van der Waals surface area contributed by atoms with Crippen molar-refractivity contribution in [1.82, 2.24) is 4.98 Å². The topological polar surface area (TPSA) is 22.1 Å². The molecule has 0 aliphatic heterocycles. The minimum absolute atomic E-state index is 0.243. The van der Waals surface area contributed by atoms with Gasteiger partial charge >= 0.3 is 0 Å². The Hall–Kier alpha value is -0.730. The Bertz CT molecular complexity index is 288. The Morgan fingerprint density at radius 1 is 1.67 bits per heavy atom. The van der Waals surface area contributed by atoms with Gasteiger partial charge < -0.3 is 4.74 Å². The van der Waals surface area contributed by atoms with E-state index in [0.29, 0.717) is 15.9 Å². The van der Waals surface area contributed by atoms with Gasteiger partial charge in [-0.25, -0.2) is 4.98 Å². The molecule has 1 rings (SSSR count). The monoisotopic (exact) mass is 203 g/mol. The largest absolute Gasteiger partial charge is 0.485 e. The molecule has 0 aromatic carbocycles. The molecular weight excluding hydrogens is 197 g/mol. The van der Waals surface area contributed by atoms with Crippen molar-refractivity contribution in [3.05, 3.63) is 35.1 Å². The van der Waals surface area contributed by atoms with E-state index in [9.17, 15) is 0 Å². The molecule has 0 unspecified atom stereocenters. The molecule has 0 atom stereocenters. The van der Waals surface area contributed by atoms with E-state index in [1.165, 1.54) is 0 Å². The van der Waals surface area contributed by atoms with Crippen LogP contribution in [0.5, 0.6) is 5.75 Å².